The van der Waals surface area contributed by atoms with Gasteiger partial charge in [-0.25, -0.2) is 5.43 Å². The molecule has 2 amide bonds. The lowest BCUT2D eigenvalue weighted by Gasteiger charge is -2.12. The van der Waals surface area contributed by atoms with Crippen LogP contribution in [0.2, 0.25) is 0 Å². The molecule has 8 nitrogen and oxygen atoms in total. The van der Waals surface area contributed by atoms with Gasteiger partial charge in [-0.05, 0) is 55.0 Å². The van der Waals surface area contributed by atoms with Crippen molar-refractivity contribution >= 4 is 23.7 Å². The number of para-hydroxylation sites is 1. The Morgan fingerprint density at radius 2 is 1.87 bits per heavy atom. The summed E-state index contributed by atoms with van der Waals surface area (Å²) in [5.74, 6) is 0.260. The molecule has 0 bridgehead atoms. The van der Waals surface area contributed by atoms with Crippen LogP contribution in [0.4, 0.5) is 5.69 Å². The maximum Gasteiger partial charge on any atom is 0.272 e. The number of hydrogen-bond donors (Lipinski definition) is 2. The lowest BCUT2D eigenvalue weighted by Crippen LogP contribution is -2.20. The van der Waals surface area contributed by atoms with Gasteiger partial charge in [0, 0.05) is 18.1 Å². The smallest absolute Gasteiger partial charge is 0.272 e. The van der Waals surface area contributed by atoms with Gasteiger partial charge in [-0.2, -0.15) is 5.10 Å². The summed E-state index contributed by atoms with van der Waals surface area (Å²) in [6.45, 7) is 2.11. The fraction of sp³-hybridized carbons (Fsp3) is 0.130. The van der Waals surface area contributed by atoms with Crippen LogP contribution < -0.4 is 20.2 Å². The first kappa shape index (κ1) is 21.5. The number of carbonyl (C=O) groups excluding carboxylic acids is 2. The first-order chi connectivity index (χ1) is 15.2. The molecule has 8 heteroatoms. The average molecular weight is 418 g/mol. The minimum Gasteiger partial charge on any atom is -0.490 e. The molecular formula is C23H22N4O4. The molecule has 0 aliphatic carbocycles. The second kappa shape index (κ2) is 11.1. The Labute approximate surface area is 179 Å². The van der Waals surface area contributed by atoms with Crippen LogP contribution in [0.3, 0.4) is 0 Å². The predicted octanol–water partition coefficient (Wildman–Crippen LogP) is 3.26. The van der Waals surface area contributed by atoms with Crippen molar-refractivity contribution in [3.05, 3.63) is 84.2 Å². The van der Waals surface area contributed by atoms with Gasteiger partial charge < -0.3 is 14.8 Å². The zero-order chi connectivity index (χ0) is 21.9. The lowest BCUT2D eigenvalue weighted by atomic mass is 10.2. The quantitative estimate of drug-likeness (QED) is 0.410. The minimum absolute atomic E-state index is 0.163. The van der Waals surface area contributed by atoms with Gasteiger partial charge in [-0.15, -0.1) is 0 Å². The van der Waals surface area contributed by atoms with Crippen LogP contribution in [0.5, 0.6) is 11.5 Å². The van der Waals surface area contributed by atoms with Gasteiger partial charge in [0.25, 0.3) is 11.8 Å². The molecule has 0 saturated heterocycles. The van der Waals surface area contributed by atoms with Crippen molar-refractivity contribution in [2.45, 2.75) is 6.92 Å². The van der Waals surface area contributed by atoms with Crippen LogP contribution in [-0.2, 0) is 4.79 Å². The van der Waals surface area contributed by atoms with Crippen molar-refractivity contribution < 1.29 is 19.1 Å². The van der Waals surface area contributed by atoms with Crippen LogP contribution in [0.1, 0.15) is 22.8 Å². The number of nitrogens with zero attached hydrogens (tertiary/aromatic N) is 2. The van der Waals surface area contributed by atoms with Gasteiger partial charge in [-0.3, -0.25) is 14.6 Å². The molecule has 0 spiro atoms. The van der Waals surface area contributed by atoms with Crippen molar-refractivity contribution in [3.8, 4) is 11.5 Å². The van der Waals surface area contributed by atoms with E-state index < -0.39 is 0 Å². The maximum atomic E-state index is 12.1. The second-order valence-electron chi connectivity index (χ2n) is 6.28. The van der Waals surface area contributed by atoms with Gasteiger partial charge in [-0.1, -0.05) is 18.2 Å². The zero-order valence-corrected chi connectivity index (χ0v) is 16.9. The average Bonchev–Trinajstić information content (AvgIpc) is 2.80. The Morgan fingerprint density at radius 1 is 1.03 bits per heavy atom. The van der Waals surface area contributed by atoms with Crippen molar-refractivity contribution in [2.24, 2.45) is 5.10 Å². The Kier molecular flexibility index (Phi) is 7.70. The third-order valence-electron chi connectivity index (χ3n) is 3.99. The molecule has 158 valence electrons. The molecule has 2 aromatic carbocycles. The summed E-state index contributed by atoms with van der Waals surface area (Å²) in [6, 6.07) is 17.6. The summed E-state index contributed by atoms with van der Waals surface area (Å²) in [7, 11) is 0. The number of pyridine rings is 1. The molecule has 0 atom stereocenters. The molecule has 1 aromatic heterocycles. The monoisotopic (exact) mass is 418 g/mol. The van der Waals surface area contributed by atoms with E-state index in [0.717, 1.165) is 0 Å². The number of hydrazone groups is 1. The number of rotatable bonds is 9. The van der Waals surface area contributed by atoms with Crippen LogP contribution in [0.25, 0.3) is 0 Å². The van der Waals surface area contributed by atoms with Crippen LogP contribution >= 0.6 is 0 Å². The highest BCUT2D eigenvalue weighted by atomic mass is 16.5. The molecule has 2 N–H and O–H groups in total. The Bertz CT molecular complexity index is 1040. The summed E-state index contributed by atoms with van der Waals surface area (Å²) in [5, 5.41) is 6.71. The van der Waals surface area contributed by atoms with Crippen LogP contribution in [-0.4, -0.2) is 36.2 Å². The number of nitrogens with one attached hydrogen (secondary N) is 2. The van der Waals surface area contributed by atoms with Crippen molar-refractivity contribution in [2.75, 3.05) is 18.5 Å². The van der Waals surface area contributed by atoms with Gasteiger partial charge >= 0.3 is 0 Å². The van der Waals surface area contributed by atoms with Gasteiger partial charge in [0.15, 0.2) is 18.1 Å². The van der Waals surface area contributed by atoms with Gasteiger partial charge in [0.2, 0.25) is 0 Å². The summed E-state index contributed by atoms with van der Waals surface area (Å²) < 4.78 is 11.2. The second-order valence-corrected chi connectivity index (χ2v) is 6.28. The van der Waals surface area contributed by atoms with Gasteiger partial charge in [0.1, 0.15) is 0 Å². The standard InChI is InChI=1S/C23H22N4O4/c1-2-30-21-13-17(14-25-27-23(29)18-7-6-12-24-15-18)10-11-20(21)31-16-22(28)26-19-8-4-3-5-9-19/h3-15H,2,16H2,1H3,(H,26,28)(H,27,29)/b25-14-. The number of anilines is 1. The fourth-order valence-electron chi connectivity index (χ4n) is 2.58. The minimum atomic E-state index is -0.362. The summed E-state index contributed by atoms with van der Waals surface area (Å²) in [4.78, 5) is 28.0. The highest BCUT2D eigenvalue weighted by molar-refractivity contribution is 5.94. The lowest BCUT2D eigenvalue weighted by molar-refractivity contribution is -0.118. The zero-order valence-electron chi connectivity index (χ0n) is 16.9. The molecule has 0 radical (unpaired) electrons. The molecule has 0 unspecified atom stereocenters. The number of benzene rings is 2. The van der Waals surface area contributed by atoms with Gasteiger partial charge in [0.05, 0.1) is 18.4 Å². The van der Waals surface area contributed by atoms with E-state index in [-0.39, 0.29) is 18.4 Å². The molecule has 31 heavy (non-hydrogen) atoms. The molecule has 0 saturated carbocycles. The third-order valence-corrected chi connectivity index (χ3v) is 3.99. The van der Waals surface area contributed by atoms with E-state index in [0.29, 0.717) is 34.9 Å². The Hall–Kier alpha value is -4.20. The van der Waals surface area contributed by atoms with E-state index in [2.05, 4.69) is 20.8 Å². The molecule has 3 aromatic rings. The molecule has 3 rings (SSSR count). The topological polar surface area (TPSA) is 102 Å². The van der Waals surface area contributed by atoms with E-state index in [1.165, 1.54) is 12.4 Å². The third kappa shape index (κ3) is 6.67. The maximum absolute atomic E-state index is 12.1. The summed E-state index contributed by atoms with van der Waals surface area (Å²) in [5.41, 5.74) is 4.24. The van der Waals surface area contributed by atoms with E-state index in [1.54, 1.807) is 48.7 Å². The molecule has 0 aliphatic rings. The SMILES string of the molecule is CCOc1cc(/C=N\NC(=O)c2cccnc2)ccc1OCC(=O)Nc1ccccc1. The summed E-state index contributed by atoms with van der Waals surface area (Å²) in [6.07, 6.45) is 4.53. The number of ether oxygens (including phenoxy) is 2. The normalized spacial score (nSPS) is 10.5. The first-order valence-corrected chi connectivity index (χ1v) is 9.63. The van der Waals surface area contributed by atoms with Crippen LogP contribution in [0, 0.1) is 0 Å². The number of amides is 2. The summed E-state index contributed by atoms with van der Waals surface area (Å²) >= 11 is 0. The van der Waals surface area contributed by atoms with E-state index in [1.807, 2.05) is 25.1 Å². The van der Waals surface area contributed by atoms with Crippen molar-refractivity contribution in [1.82, 2.24) is 10.4 Å². The van der Waals surface area contributed by atoms with Crippen LogP contribution in [0.15, 0.2) is 78.2 Å². The predicted molar refractivity (Wildman–Crippen MR) is 117 cm³/mol. The highest BCUT2D eigenvalue weighted by Crippen LogP contribution is 2.28. The Balaban J connectivity index is 1.59. The van der Waals surface area contributed by atoms with Crippen molar-refractivity contribution in [3.63, 3.8) is 0 Å². The molecule has 1 heterocycles. The van der Waals surface area contributed by atoms with E-state index in [4.69, 9.17) is 9.47 Å². The number of hydrogen-bond acceptors (Lipinski definition) is 6. The number of carbonyl (C=O) groups is 2. The van der Waals surface area contributed by atoms with E-state index in [9.17, 15) is 9.59 Å². The highest BCUT2D eigenvalue weighted by Gasteiger charge is 2.09. The number of aromatic nitrogens is 1. The Morgan fingerprint density at radius 3 is 2.61 bits per heavy atom. The van der Waals surface area contributed by atoms with E-state index >= 15 is 0 Å². The molecular weight excluding hydrogens is 396 g/mol. The first-order valence-electron chi connectivity index (χ1n) is 9.63. The largest absolute Gasteiger partial charge is 0.490 e. The fourth-order valence-corrected chi connectivity index (χ4v) is 2.58. The van der Waals surface area contributed by atoms with Crippen molar-refractivity contribution in [1.29, 1.82) is 0 Å². The molecule has 0 fully saturated rings. The molecule has 0 aliphatic heterocycles.